The molecule has 2 fully saturated rings. The predicted molar refractivity (Wildman–Crippen MR) is 221 cm³/mol. The number of nitrogens with two attached hydrogens (primary N) is 1. The molecule has 18 heteroatoms. The smallest absolute Gasteiger partial charge is 0.274 e. The highest BCUT2D eigenvalue weighted by Gasteiger charge is 2.45. The molecule has 1 atom stereocenters. The topological polar surface area (TPSA) is 243 Å². The van der Waals surface area contributed by atoms with Crippen LogP contribution in [0, 0.1) is 5.92 Å². The number of fused-ring (bicyclic) bond motifs is 3. The third kappa shape index (κ3) is 7.60. The SMILES string of the molecule is Cn1cc2c3c(c(C(=O)NCCN)[nH]c3c1=O)CN(CC1CC1)c1cc(C(=O)NCCCCc3cccc4c3C(=O)N(C3CCC(=O)NC3=O)C4=O)c(CS(C)(=O)=O)cc1-2. The number of aryl methyl sites for hydroxylation is 2. The molecular weight excluding hydrogens is 793 g/mol. The number of anilines is 1. The van der Waals surface area contributed by atoms with Crippen LogP contribution in [-0.2, 0) is 45.2 Å². The number of imide groups is 2. The summed E-state index contributed by atoms with van der Waals surface area (Å²) in [7, 11) is -2.03. The number of carbonyl (C=O) groups excluding carboxylic acids is 6. The van der Waals surface area contributed by atoms with Gasteiger partial charge in [0, 0.05) is 92.0 Å². The second kappa shape index (κ2) is 15.8. The Hall–Kier alpha value is -6.14. The lowest BCUT2D eigenvalue weighted by Crippen LogP contribution is -2.54. The highest BCUT2D eigenvalue weighted by Crippen LogP contribution is 2.45. The van der Waals surface area contributed by atoms with Crippen LogP contribution in [0.3, 0.4) is 0 Å². The maximum Gasteiger partial charge on any atom is 0.274 e. The lowest BCUT2D eigenvalue weighted by Gasteiger charge is -2.27. The number of piperidine rings is 1. The number of sulfone groups is 1. The van der Waals surface area contributed by atoms with Gasteiger partial charge in [-0.05, 0) is 73.8 Å². The van der Waals surface area contributed by atoms with Crippen LogP contribution in [0.4, 0.5) is 5.69 Å². The van der Waals surface area contributed by atoms with Crippen LogP contribution in [0.1, 0.15) is 96.8 Å². The summed E-state index contributed by atoms with van der Waals surface area (Å²) in [6.07, 6.45) is 6.29. The second-order valence-corrected chi connectivity index (χ2v) is 18.3. The van der Waals surface area contributed by atoms with E-state index in [1.165, 1.54) is 4.57 Å². The number of amides is 6. The lowest BCUT2D eigenvalue weighted by atomic mass is 9.95. The van der Waals surface area contributed by atoms with Gasteiger partial charge in [0.05, 0.1) is 16.9 Å². The van der Waals surface area contributed by atoms with Crippen LogP contribution >= 0.6 is 0 Å². The molecule has 314 valence electrons. The third-order valence-corrected chi connectivity index (χ3v) is 12.5. The van der Waals surface area contributed by atoms with Crippen molar-refractivity contribution in [3.8, 4) is 11.1 Å². The Kier molecular flexibility index (Phi) is 10.7. The van der Waals surface area contributed by atoms with Crippen molar-refractivity contribution in [3.05, 3.63) is 86.0 Å². The number of carbonyl (C=O) groups is 6. The number of nitrogens with zero attached hydrogens (tertiary/aromatic N) is 3. The standard InChI is InChI=1S/C42H46N8O9S/c1-48-19-28-27-16-24(21-60(2,58)59)26(17-31(27)49(18-22-9-10-22)20-29-34(28)36(42(48)57)47-35(29)39(54)45-15-13-43)37(52)44-14-4-3-6-23-7-5-8-25-33(23)41(56)50(40(25)55)30-11-12-32(51)46-38(30)53/h5,7-8,16-17,19,22,30,47H,3-4,6,9-15,18,20-21,43H2,1-2H3,(H,44,52)(H,45,54)(H,46,51,53). The normalized spacial score (nSPS) is 17.4. The molecule has 60 heavy (non-hydrogen) atoms. The van der Waals surface area contributed by atoms with Gasteiger partial charge < -0.3 is 30.8 Å². The minimum atomic E-state index is -3.63. The number of rotatable bonds is 14. The zero-order valence-corrected chi connectivity index (χ0v) is 34.1. The number of pyridine rings is 1. The fourth-order valence-electron chi connectivity index (χ4n) is 8.63. The molecule has 4 aromatic rings. The molecule has 1 saturated heterocycles. The number of nitrogens with one attached hydrogen (secondary N) is 4. The van der Waals surface area contributed by atoms with E-state index in [1.54, 1.807) is 43.6 Å². The van der Waals surface area contributed by atoms with Gasteiger partial charge >= 0.3 is 0 Å². The first-order valence-electron chi connectivity index (χ1n) is 20.1. The number of benzene rings is 2. The largest absolute Gasteiger partial charge is 0.366 e. The molecule has 1 aliphatic carbocycles. The number of hydrogen-bond acceptors (Lipinski definition) is 11. The monoisotopic (exact) mass is 838 g/mol. The molecule has 6 N–H and O–H groups in total. The Morgan fingerprint density at radius 1 is 0.917 bits per heavy atom. The lowest BCUT2D eigenvalue weighted by molar-refractivity contribution is -0.136. The average molecular weight is 839 g/mol. The Morgan fingerprint density at radius 2 is 1.68 bits per heavy atom. The van der Waals surface area contributed by atoms with E-state index in [1.807, 2.05) is 0 Å². The van der Waals surface area contributed by atoms with E-state index in [4.69, 9.17) is 5.73 Å². The number of H-pyrrole nitrogens is 1. The third-order valence-electron chi connectivity index (χ3n) is 11.6. The van der Waals surface area contributed by atoms with Gasteiger partial charge in [-0.25, -0.2) is 8.42 Å². The van der Waals surface area contributed by atoms with Gasteiger partial charge in [0.1, 0.15) is 17.3 Å². The van der Waals surface area contributed by atoms with Crippen molar-refractivity contribution in [1.29, 1.82) is 0 Å². The molecule has 6 amide bonds. The average Bonchev–Trinajstić information content (AvgIpc) is 3.91. The van der Waals surface area contributed by atoms with Crippen molar-refractivity contribution in [2.75, 3.05) is 37.3 Å². The van der Waals surface area contributed by atoms with Gasteiger partial charge in [0.15, 0.2) is 9.84 Å². The zero-order chi connectivity index (χ0) is 42.6. The molecule has 4 aliphatic rings. The number of unbranched alkanes of at least 4 members (excludes halogenated alkanes) is 1. The van der Waals surface area contributed by atoms with Gasteiger partial charge in [0.25, 0.3) is 29.2 Å². The Bertz CT molecular complexity index is 2700. The van der Waals surface area contributed by atoms with E-state index in [0.717, 1.165) is 24.0 Å². The Balaban J connectivity index is 1.05. The fourth-order valence-corrected chi connectivity index (χ4v) is 9.43. The molecular formula is C42H46N8O9S. The Labute approximate surface area is 345 Å². The van der Waals surface area contributed by atoms with Crippen molar-refractivity contribution in [2.24, 2.45) is 18.7 Å². The maximum absolute atomic E-state index is 14.1. The van der Waals surface area contributed by atoms with Crippen LogP contribution in [-0.4, -0.2) is 96.8 Å². The highest BCUT2D eigenvalue weighted by atomic mass is 32.2. The van der Waals surface area contributed by atoms with E-state index < -0.39 is 57.1 Å². The molecule has 0 radical (unpaired) electrons. The number of aromatic amines is 1. The van der Waals surface area contributed by atoms with E-state index in [-0.39, 0.29) is 78.0 Å². The Morgan fingerprint density at radius 3 is 2.40 bits per heavy atom. The van der Waals surface area contributed by atoms with Gasteiger partial charge in [-0.15, -0.1) is 0 Å². The van der Waals surface area contributed by atoms with Crippen LogP contribution in [0.2, 0.25) is 0 Å². The molecule has 8 rings (SSSR count). The van der Waals surface area contributed by atoms with Gasteiger partial charge in [-0.2, -0.15) is 0 Å². The summed E-state index contributed by atoms with van der Waals surface area (Å²) < 4.78 is 27.1. The minimum absolute atomic E-state index is 0.0200. The van der Waals surface area contributed by atoms with Gasteiger partial charge in [-0.1, -0.05) is 12.1 Å². The fraction of sp³-hybridized carbons (Fsp3) is 0.405. The maximum atomic E-state index is 14.1. The first-order chi connectivity index (χ1) is 28.6. The molecule has 0 spiro atoms. The minimum Gasteiger partial charge on any atom is -0.366 e. The molecule has 2 aromatic heterocycles. The van der Waals surface area contributed by atoms with Crippen LogP contribution in [0.25, 0.3) is 22.0 Å². The van der Waals surface area contributed by atoms with Crippen molar-refractivity contribution in [2.45, 2.75) is 63.3 Å². The van der Waals surface area contributed by atoms with E-state index in [2.05, 4.69) is 25.8 Å². The highest BCUT2D eigenvalue weighted by molar-refractivity contribution is 7.89. The van der Waals surface area contributed by atoms with Gasteiger partial charge in [0.2, 0.25) is 11.8 Å². The summed E-state index contributed by atoms with van der Waals surface area (Å²) in [5, 5.41) is 8.53. The summed E-state index contributed by atoms with van der Waals surface area (Å²) in [6, 6.07) is 7.34. The van der Waals surface area contributed by atoms with Crippen LogP contribution in [0.15, 0.2) is 41.3 Å². The molecule has 2 aromatic carbocycles. The summed E-state index contributed by atoms with van der Waals surface area (Å²) >= 11 is 0. The molecule has 0 bridgehead atoms. The second-order valence-electron chi connectivity index (χ2n) is 16.2. The summed E-state index contributed by atoms with van der Waals surface area (Å²) in [6.45, 7) is 1.55. The van der Waals surface area contributed by atoms with Crippen molar-refractivity contribution in [1.82, 2.24) is 30.4 Å². The van der Waals surface area contributed by atoms with E-state index in [9.17, 15) is 42.0 Å². The van der Waals surface area contributed by atoms with E-state index in [0.29, 0.717) is 65.1 Å². The quantitative estimate of drug-likeness (QED) is 0.0904. The molecule has 17 nitrogen and oxygen atoms in total. The summed E-state index contributed by atoms with van der Waals surface area (Å²) in [4.78, 5) is 98.2. The van der Waals surface area contributed by atoms with Gasteiger partial charge in [-0.3, -0.25) is 43.8 Å². The van der Waals surface area contributed by atoms with Crippen LogP contribution < -0.4 is 32.1 Å². The van der Waals surface area contributed by atoms with Crippen molar-refractivity contribution in [3.63, 3.8) is 0 Å². The van der Waals surface area contributed by atoms with Crippen molar-refractivity contribution >= 4 is 61.9 Å². The van der Waals surface area contributed by atoms with Crippen LogP contribution in [0.5, 0.6) is 0 Å². The number of aromatic nitrogens is 2. The van der Waals surface area contributed by atoms with E-state index >= 15 is 0 Å². The zero-order valence-electron chi connectivity index (χ0n) is 33.3. The summed E-state index contributed by atoms with van der Waals surface area (Å²) in [5.41, 5.74) is 9.92. The molecule has 1 unspecified atom stereocenters. The molecule has 5 heterocycles. The van der Waals surface area contributed by atoms with Crippen molar-refractivity contribution < 1.29 is 37.2 Å². The molecule has 1 saturated carbocycles. The molecule has 3 aliphatic heterocycles. The predicted octanol–water partition coefficient (Wildman–Crippen LogP) is 1.65. The first-order valence-corrected chi connectivity index (χ1v) is 22.1. The first kappa shape index (κ1) is 40.6. The number of hydrogen-bond donors (Lipinski definition) is 5. The summed E-state index contributed by atoms with van der Waals surface area (Å²) in [5.74, 6) is -3.21.